The highest BCUT2D eigenvalue weighted by molar-refractivity contribution is 9.11. The second-order valence-corrected chi connectivity index (χ2v) is 7.45. The molecule has 0 aliphatic heterocycles. The van der Waals surface area contributed by atoms with Gasteiger partial charge in [0.05, 0.1) is 11.4 Å². The lowest BCUT2D eigenvalue weighted by molar-refractivity contribution is 0.103. The van der Waals surface area contributed by atoms with Crippen LogP contribution in [0.15, 0.2) is 42.2 Å². The lowest BCUT2D eigenvalue weighted by atomic mass is 10.0. The van der Waals surface area contributed by atoms with Crippen LogP contribution in [0.3, 0.4) is 0 Å². The maximum atomic E-state index is 12.5. The first-order valence-corrected chi connectivity index (χ1v) is 8.52. The predicted molar refractivity (Wildman–Crippen MR) is 95.9 cm³/mol. The van der Waals surface area contributed by atoms with Gasteiger partial charge in [-0.15, -0.1) is 0 Å². The zero-order valence-corrected chi connectivity index (χ0v) is 16.2. The van der Waals surface area contributed by atoms with E-state index >= 15 is 0 Å². The molecule has 2 aromatic carbocycles. The minimum atomic E-state index is -0.118. The van der Waals surface area contributed by atoms with Crippen molar-refractivity contribution in [1.29, 1.82) is 0 Å². The van der Waals surface area contributed by atoms with Gasteiger partial charge in [0.25, 0.3) is 0 Å². The SMILES string of the molecule is Nc1c(Br)cc(C(=O)c2cc(Br)c(N)c(Br)c2)cc1Br. The summed E-state index contributed by atoms with van der Waals surface area (Å²) < 4.78 is 2.68. The Labute approximate surface area is 149 Å². The third-order valence-electron chi connectivity index (χ3n) is 2.68. The van der Waals surface area contributed by atoms with Crippen molar-refractivity contribution in [2.24, 2.45) is 0 Å². The molecule has 0 radical (unpaired) electrons. The summed E-state index contributed by atoms with van der Waals surface area (Å²) in [4.78, 5) is 12.5. The van der Waals surface area contributed by atoms with Crippen molar-refractivity contribution >= 4 is 80.9 Å². The third kappa shape index (κ3) is 3.10. The number of nitrogen functional groups attached to an aromatic ring is 2. The van der Waals surface area contributed by atoms with Crippen LogP contribution >= 0.6 is 63.7 Å². The standard InChI is InChI=1S/C13H8Br4N2O/c14-7-1-5(2-8(15)11(7)18)13(20)6-3-9(16)12(19)10(17)4-6/h1-4H,18-19H2. The fraction of sp³-hybridized carbons (Fsp3) is 0. The average molecular weight is 528 g/mol. The second kappa shape index (κ2) is 6.17. The quantitative estimate of drug-likeness (QED) is 0.420. The molecule has 2 rings (SSSR count). The second-order valence-electron chi connectivity index (χ2n) is 4.04. The van der Waals surface area contributed by atoms with Gasteiger partial charge in [-0.05, 0) is 88.0 Å². The number of hydrogen-bond donors (Lipinski definition) is 2. The average Bonchev–Trinajstić information content (AvgIpc) is 2.40. The summed E-state index contributed by atoms with van der Waals surface area (Å²) in [5.74, 6) is -0.118. The summed E-state index contributed by atoms with van der Waals surface area (Å²) in [5.41, 5.74) is 13.8. The fourth-order valence-electron chi connectivity index (χ4n) is 1.60. The summed E-state index contributed by atoms with van der Waals surface area (Å²) >= 11 is 13.3. The summed E-state index contributed by atoms with van der Waals surface area (Å²) in [6.07, 6.45) is 0. The number of halogens is 4. The predicted octanol–water partition coefficient (Wildman–Crippen LogP) is 5.13. The molecule has 0 spiro atoms. The van der Waals surface area contributed by atoms with Crippen molar-refractivity contribution in [3.05, 3.63) is 53.3 Å². The molecule has 4 N–H and O–H groups in total. The molecule has 0 amide bonds. The number of carbonyl (C=O) groups is 1. The first kappa shape index (κ1) is 16.0. The van der Waals surface area contributed by atoms with E-state index in [4.69, 9.17) is 11.5 Å². The zero-order valence-electron chi connectivity index (χ0n) is 9.88. The number of hydrogen-bond acceptors (Lipinski definition) is 3. The normalized spacial score (nSPS) is 10.6. The maximum absolute atomic E-state index is 12.5. The van der Waals surface area contributed by atoms with Crippen LogP contribution in [0.4, 0.5) is 11.4 Å². The van der Waals surface area contributed by atoms with Gasteiger partial charge in [0.15, 0.2) is 5.78 Å². The first-order valence-electron chi connectivity index (χ1n) is 5.35. The van der Waals surface area contributed by atoms with E-state index in [0.29, 0.717) is 40.4 Å². The summed E-state index contributed by atoms with van der Waals surface area (Å²) in [7, 11) is 0. The highest BCUT2D eigenvalue weighted by Gasteiger charge is 2.15. The van der Waals surface area contributed by atoms with Gasteiger partial charge in [-0.25, -0.2) is 0 Å². The largest absolute Gasteiger partial charge is 0.397 e. The molecule has 20 heavy (non-hydrogen) atoms. The zero-order chi connectivity index (χ0) is 15.0. The molecule has 0 saturated carbocycles. The molecule has 104 valence electrons. The Balaban J connectivity index is 2.52. The van der Waals surface area contributed by atoms with E-state index in [0.717, 1.165) is 0 Å². The minimum absolute atomic E-state index is 0.118. The van der Waals surface area contributed by atoms with Crippen LogP contribution in [0, 0.1) is 0 Å². The number of rotatable bonds is 2. The van der Waals surface area contributed by atoms with Gasteiger partial charge in [0.1, 0.15) is 0 Å². The number of anilines is 2. The van der Waals surface area contributed by atoms with Gasteiger partial charge in [0.2, 0.25) is 0 Å². The van der Waals surface area contributed by atoms with Gasteiger partial charge in [-0.1, -0.05) is 0 Å². The minimum Gasteiger partial charge on any atom is -0.397 e. The van der Waals surface area contributed by atoms with Crippen LogP contribution in [0.2, 0.25) is 0 Å². The van der Waals surface area contributed by atoms with Gasteiger partial charge in [0, 0.05) is 29.0 Å². The smallest absolute Gasteiger partial charge is 0.193 e. The Morgan fingerprint density at radius 1 is 0.700 bits per heavy atom. The van der Waals surface area contributed by atoms with Gasteiger partial charge in [-0.3, -0.25) is 4.79 Å². The third-order valence-corrected chi connectivity index (χ3v) is 5.31. The van der Waals surface area contributed by atoms with Crippen LogP contribution in [-0.4, -0.2) is 5.78 Å². The summed E-state index contributed by atoms with van der Waals surface area (Å²) in [6, 6.07) is 6.78. The van der Waals surface area contributed by atoms with E-state index in [9.17, 15) is 4.79 Å². The molecule has 0 bridgehead atoms. The topological polar surface area (TPSA) is 69.1 Å². The Bertz CT molecular complexity index is 610. The molecule has 7 heteroatoms. The Morgan fingerprint density at radius 2 is 0.950 bits per heavy atom. The summed E-state index contributed by atoms with van der Waals surface area (Å²) in [6.45, 7) is 0. The van der Waals surface area contributed by atoms with Crippen molar-refractivity contribution < 1.29 is 4.79 Å². The van der Waals surface area contributed by atoms with Crippen molar-refractivity contribution in [3.63, 3.8) is 0 Å². The highest BCUT2D eigenvalue weighted by Crippen LogP contribution is 2.33. The maximum Gasteiger partial charge on any atom is 0.193 e. The van der Waals surface area contributed by atoms with E-state index in [2.05, 4.69) is 63.7 Å². The molecule has 0 aliphatic carbocycles. The molecule has 0 aliphatic rings. The van der Waals surface area contributed by atoms with Crippen molar-refractivity contribution in [2.75, 3.05) is 11.5 Å². The van der Waals surface area contributed by atoms with Crippen LogP contribution < -0.4 is 11.5 Å². The molecule has 0 unspecified atom stereocenters. The molecule has 0 fully saturated rings. The van der Waals surface area contributed by atoms with E-state index in [1.54, 1.807) is 24.3 Å². The number of ketones is 1. The molecule has 0 atom stereocenters. The fourth-order valence-corrected chi connectivity index (χ4v) is 3.97. The van der Waals surface area contributed by atoms with E-state index in [1.165, 1.54) is 0 Å². The molecule has 0 aromatic heterocycles. The van der Waals surface area contributed by atoms with Crippen molar-refractivity contribution in [3.8, 4) is 0 Å². The van der Waals surface area contributed by atoms with Crippen LogP contribution in [0.25, 0.3) is 0 Å². The van der Waals surface area contributed by atoms with Gasteiger partial charge >= 0.3 is 0 Å². The monoisotopic (exact) mass is 524 g/mol. The van der Waals surface area contributed by atoms with Crippen molar-refractivity contribution in [1.82, 2.24) is 0 Å². The van der Waals surface area contributed by atoms with Crippen LogP contribution in [-0.2, 0) is 0 Å². The van der Waals surface area contributed by atoms with E-state index in [-0.39, 0.29) is 5.78 Å². The van der Waals surface area contributed by atoms with Crippen LogP contribution in [0.1, 0.15) is 15.9 Å². The molecular formula is C13H8Br4N2O. The number of carbonyl (C=O) groups excluding carboxylic acids is 1. The first-order chi connectivity index (χ1) is 9.31. The van der Waals surface area contributed by atoms with E-state index in [1.807, 2.05) is 0 Å². The highest BCUT2D eigenvalue weighted by atomic mass is 79.9. The Morgan fingerprint density at radius 3 is 1.20 bits per heavy atom. The molecule has 0 saturated heterocycles. The lowest BCUT2D eigenvalue weighted by Crippen LogP contribution is -2.04. The van der Waals surface area contributed by atoms with Crippen LogP contribution in [0.5, 0.6) is 0 Å². The van der Waals surface area contributed by atoms with Crippen molar-refractivity contribution in [2.45, 2.75) is 0 Å². The Kier molecular flexibility index (Phi) is 4.94. The molecule has 2 aromatic rings. The number of benzene rings is 2. The van der Waals surface area contributed by atoms with E-state index < -0.39 is 0 Å². The molecular weight excluding hydrogens is 520 g/mol. The number of nitrogens with two attached hydrogens (primary N) is 2. The molecule has 3 nitrogen and oxygen atoms in total. The lowest BCUT2D eigenvalue weighted by Gasteiger charge is -2.09. The molecule has 0 heterocycles. The van der Waals surface area contributed by atoms with Gasteiger partial charge in [-0.2, -0.15) is 0 Å². The van der Waals surface area contributed by atoms with Gasteiger partial charge < -0.3 is 11.5 Å². The Hall–Kier alpha value is -0.370. The summed E-state index contributed by atoms with van der Waals surface area (Å²) in [5, 5.41) is 0.